The maximum Gasteiger partial charge on any atom is 0.208 e. The van der Waals surface area contributed by atoms with Crippen LogP contribution in [0.2, 0.25) is 0 Å². The Labute approximate surface area is 55.1 Å². The second kappa shape index (κ2) is 1.74. The second-order valence-corrected chi connectivity index (χ2v) is 2.79. The summed E-state index contributed by atoms with van der Waals surface area (Å²) in [6.07, 6.45) is 0.638. The first-order chi connectivity index (χ1) is 4.01. The molecule has 1 unspecified atom stereocenters. The van der Waals surface area contributed by atoms with Gasteiger partial charge in [0.05, 0.1) is 5.76 Å². The third kappa shape index (κ3) is 1.24. The van der Waals surface area contributed by atoms with Gasteiger partial charge in [-0.3, -0.25) is 0 Å². The monoisotopic (exact) mass is 128 g/mol. The molecule has 2 nitrogen and oxygen atoms in total. The SMILES string of the molecule is CC1=C(C)OC(C)(O)C1. The van der Waals surface area contributed by atoms with Crippen LogP contribution in [0.4, 0.5) is 0 Å². The lowest BCUT2D eigenvalue weighted by Crippen LogP contribution is -2.22. The first-order valence-corrected chi connectivity index (χ1v) is 3.09. The van der Waals surface area contributed by atoms with Crippen molar-refractivity contribution in [2.45, 2.75) is 33.0 Å². The van der Waals surface area contributed by atoms with Crippen molar-refractivity contribution in [2.75, 3.05) is 0 Å². The Bertz CT molecular complexity index is 140. The Morgan fingerprint density at radius 1 is 1.56 bits per heavy atom. The Morgan fingerprint density at radius 2 is 2.11 bits per heavy atom. The molecule has 0 aromatic carbocycles. The molecule has 1 atom stereocenters. The predicted octanol–water partition coefficient (Wildman–Crippen LogP) is 1.41. The summed E-state index contributed by atoms with van der Waals surface area (Å²) < 4.78 is 5.10. The Morgan fingerprint density at radius 3 is 2.22 bits per heavy atom. The van der Waals surface area contributed by atoms with Gasteiger partial charge in [-0.2, -0.15) is 0 Å². The van der Waals surface area contributed by atoms with E-state index in [1.54, 1.807) is 6.92 Å². The lowest BCUT2D eigenvalue weighted by atomic mass is 10.1. The molecule has 9 heavy (non-hydrogen) atoms. The number of hydrogen-bond donors (Lipinski definition) is 1. The fraction of sp³-hybridized carbons (Fsp3) is 0.714. The standard InChI is InChI=1S/C7H12O2/c1-5-4-7(3,8)9-6(5)2/h8H,4H2,1-3H3. The molecule has 1 aliphatic heterocycles. The van der Waals surface area contributed by atoms with Crippen LogP contribution in [0, 0.1) is 0 Å². The Kier molecular flexibility index (Phi) is 1.28. The molecule has 0 bridgehead atoms. The van der Waals surface area contributed by atoms with Crippen LogP contribution in [0.25, 0.3) is 0 Å². The third-order valence-corrected chi connectivity index (χ3v) is 1.57. The zero-order valence-electron chi connectivity index (χ0n) is 6.06. The molecule has 0 saturated carbocycles. The van der Waals surface area contributed by atoms with Crippen LogP contribution in [0.5, 0.6) is 0 Å². The molecule has 52 valence electrons. The Balaban J connectivity index is 2.70. The normalized spacial score (nSPS) is 35.1. The van der Waals surface area contributed by atoms with E-state index in [9.17, 15) is 5.11 Å². The fourth-order valence-corrected chi connectivity index (χ4v) is 1.07. The van der Waals surface area contributed by atoms with Gasteiger partial charge in [0, 0.05) is 13.3 Å². The molecule has 1 aliphatic rings. The van der Waals surface area contributed by atoms with E-state index in [-0.39, 0.29) is 0 Å². The van der Waals surface area contributed by atoms with Crippen molar-refractivity contribution in [3.05, 3.63) is 11.3 Å². The van der Waals surface area contributed by atoms with E-state index in [1.807, 2.05) is 13.8 Å². The van der Waals surface area contributed by atoms with Crippen molar-refractivity contribution >= 4 is 0 Å². The van der Waals surface area contributed by atoms with Gasteiger partial charge in [-0.25, -0.2) is 0 Å². The average Bonchev–Trinajstić information content (AvgIpc) is 1.79. The molecular formula is C7H12O2. The van der Waals surface area contributed by atoms with E-state index in [4.69, 9.17) is 4.74 Å². The highest BCUT2D eigenvalue weighted by Crippen LogP contribution is 2.30. The lowest BCUT2D eigenvalue weighted by Gasteiger charge is -2.16. The molecule has 0 aromatic heterocycles. The minimum Gasteiger partial charge on any atom is -0.467 e. The van der Waals surface area contributed by atoms with Crippen LogP contribution < -0.4 is 0 Å². The summed E-state index contributed by atoms with van der Waals surface area (Å²) >= 11 is 0. The fourth-order valence-electron chi connectivity index (χ4n) is 1.07. The van der Waals surface area contributed by atoms with Crippen molar-refractivity contribution in [3.63, 3.8) is 0 Å². The van der Waals surface area contributed by atoms with Gasteiger partial charge in [0.1, 0.15) is 0 Å². The quantitative estimate of drug-likeness (QED) is 0.534. The van der Waals surface area contributed by atoms with Crippen LogP contribution in [-0.2, 0) is 4.74 Å². The molecule has 0 radical (unpaired) electrons. The van der Waals surface area contributed by atoms with Crippen molar-refractivity contribution in [2.24, 2.45) is 0 Å². The number of rotatable bonds is 0. The maximum atomic E-state index is 9.27. The second-order valence-electron chi connectivity index (χ2n) is 2.79. The van der Waals surface area contributed by atoms with Gasteiger partial charge in [-0.15, -0.1) is 0 Å². The highest BCUT2D eigenvalue weighted by atomic mass is 16.6. The van der Waals surface area contributed by atoms with Crippen molar-refractivity contribution in [3.8, 4) is 0 Å². The third-order valence-electron chi connectivity index (χ3n) is 1.57. The van der Waals surface area contributed by atoms with E-state index in [0.29, 0.717) is 6.42 Å². The minimum absolute atomic E-state index is 0.638. The lowest BCUT2D eigenvalue weighted by molar-refractivity contribution is -0.143. The van der Waals surface area contributed by atoms with E-state index in [2.05, 4.69) is 0 Å². The molecule has 0 fully saturated rings. The molecule has 1 N–H and O–H groups in total. The maximum absolute atomic E-state index is 9.27. The van der Waals surface area contributed by atoms with Gasteiger partial charge in [0.15, 0.2) is 0 Å². The van der Waals surface area contributed by atoms with Gasteiger partial charge in [-0.05, 0) is 19.4 Å². The van der Waals surface area contributed by atoms with Gasteiger partial charge in [0.25, 0.3) is 0 Å². The van der Waals surface area contributed by atoms with Crippen LogP contribution in [0.15, 0.2) is 11.3 Å². The first kappa shape index (κ1) is 6.62. The molecule has 0 aliphatic carbocycles. The number of allylic oxidation sites excluding steroid dienone is 1. The van der Waals surface area contributed by atoms with Crippen LogP contribution in [0.1, 0.15) is 27.2 Å². The number of hydrogen-bond acceptors (Lipinski definition) is 2. The van der Waals surface area contributed by atoms with Crippen molar-refractivity contribution < 1.29 is 9.84 Å². The first-order valence-electron chi connectivity index (χ1n) is 3.09. The molecular weight excluding hydrogens is 116 g/mol. The van der Waals surface area contributed by atoms with Crippen LogP contribution in [-0.4, -0.2) is 10.9 Å². The van der Waals surface area contributed by atoms with Gasteiger partial charge >= 0.3 is 0 Å². The topological polar surface area (TPSA) is 29.5 Å². The summed E-state index contributed by atoms with van der Waals surface area (Å²) in [4.78, 5) is 0. The molecule has 0 spiro atoms. The molecule has 1 heterocycles. The van der Waals surface area contributed by atoms with Crippen molar-refractivity contribution in [1.29, 1.82) is 0 Å². The molecule has 0 amide bonds. The van der Waals surface area contributed by atoms with Gasteiger partial charge in [-0.1, -0.05) is 0 Å². The summed E-state index contributed by atoms with van der Waals surface area (Å²) in [7, 11) is 0. The highest BCUT2D eigenvalue weighted by Gasteiger charge is 2.29. The smallest absolute Gasteiger partial charge is 0.208 e. The van der Waals surface area contributed by atoms with Crippen LogP contribution >= 0.6 is 0 Å². The van der Waals surface area contributed by atoms with E-state index < -0.39 is 5.79 Å². The predicted molar refractivity (Wildman–Crippen MR) is 34.7 cm³/mol. The van der Waals surface area contributed by atoms with Gasteiger partial charge < -0.3 is 9.84 Å². The molecule has 0 aromatic rings. The summed E-state index contributed by atoms with van der Waals surface area (Å²) in [5.74, 6) is -0.0752. The summed E-state index contributed by atoms with van der Waals surface area (Å²) in [6.45, 7) is 5.51. The molecule has 0 saturated heterocycles. The van der Waals surface area contributed by atoms with E-state index in [0.717, 1.165) is 11.3 Å². The Hall–Kier alpha value is -0.500. The summed E-state index contributed by atoms with van der Waals surface area (Å²) in [5.41, 5.74) is 1.14. The summed E-state index contributed by atoms with van der Waals surface area (Å²) in [6, 6.07) is 0. The van der Waals surface area contributed by atoms with Gasteiger partial charge in [0.2, 0.25) is 5.79 Å². The van der Waals surface area contributed by atoms with E-state index >= 15 is 0 Å². The van der Waals surface area contributed by atoms with E-state index in [1.165, 1.54) is 0 Å². The largest absolute Gasteiger partial charge is 0.467 e. The zero-order chi connectivity index (χ0) is 7.07. The number of aliphatic hydroxyl groups is 1. The van der Waals surface area contributed by atoms with Crippen LogP contribution in [0.3, 0.4) is 0 Å². The zero-order valence-corrected chi connectivity index (χ0v) is 6.06. The van der Waals surface area contributed by atoms with Crippen molar-refractivity contribution in [1.82, 2.24) is 0 Å². The minimum atomic E-state index is -0.936. The molecule has 2 heteroatoms. The average molecular weight is 128 g/mol. The molecule has 1 rings (SSSR count). The highest BCUT2D eigenvalue weighted by molar-refractivity contribution is 5.11. The summed E-state index contributed by atoms with van der Waals surface area (Å²) in [5, 5.41) is 9.27. The number of ether oxygens (including phenoxy) is 1.